The smallest absolute Gasteiger partial charge is 0.254 e. The zero-order valence-corrected chi connectivity index (χ0v) is 14.0. The van der Waals surface area contributed by atoms with Crippen LogP contribution in [0.1, 0.15) is 41.6 Å². The van der Waals surface area contributed by atoms with E-state index >= 15 is 0 Å². The van der Waals surface area contributed by atoms with Crippen molar-refractivity contribution in [1.82, 2.24) is 10.2 Å². The Morgan fingerprint density at radius 1 is 1.21 bits per heavy atom. The van der Waals surface area contributed by atoms with Gasteiger partial charge in [0.25, 0.3) is 5.91 Å². The lowest BCUT2D eigenvalue weighted by Crippen LogP contribution is -2.45. The van der Waals surface area contributed by atoms with Gasteiger partial charge in [0.15, 0.2) is 0 Å². The number of piperidine rings is 1. The molecule has 0 aromatic heterocycles. The van der Waals surface area contributed by atoms with Crippen LogP contribution in [0.2, 0.25) is 0 Å². The largest absolute Gasteiger partial charge is 0.363 e. The Morgan fingerprint density at radius 3 is 2.75 bits per heavy atom. The molecule has 0 unspecified atom stereocenters. The molecule has 3 atom stereocenters. The van der Waals surface area contributed by atoms with Crippen LogP contribution in [-0.2, 0) is 9.53 Å². The highest BCUT2D eigenvalue weighted by atomic mass is 16.5. The van der Waals surface area contributed by atoms with Crippen molar-refractivity contribution in [2.75, 3.05) is 13.1 Å². The van der Waals surface area contributed by atoms with Crippen molar-refractivity contribution in [2.45, 2.75) is 50.9 Å². The maximum absolute atomic E-state index is 12.8. The van der Waals surface area contributed by atoms with Crippen LogP contribution in [0.4, 0.5) is 0 Å². The molecule has 1 aliphatic carbocycles. The number of aryl methyl sites for hydroxylation is 1. The summed E-state index contributed by atoms with van der Waals surface area (Å²) in [6.45, 7) is 3.30. The SMILES string of the molecule is Cc1ccccc1C(=O)N1CC[C@H]2C[C@@H](C(=O)NC3CC3)O[C@H]2C1. The molecule has 1 aromatic carbocycles. The number of ether oxygens (including phenoxy) is 1. The summed E-state index contributed by atoms with van der Waals surface area (Å²) in [5.74, 6) is 0.491. The third kappa shape index (κ3) is 3.05. The minimum Gasteiger partial charge on any atom is -0.363 e. The quantitative estimate of drug-likeness (QED) is 0.922. The standard InChI is InChI=1S/C19H24N2O3/c1-12-4-2-3-5-15(12)19(23)21-9-8-13-10-16(24-17(13)11-21)18(22)20-14-6-7-14/h2-5,13-14,16-17H,6-11H2,1H3,(H,20,22)/t13-,16-,17-/m0/s1. The highest BCUT2D eigenvalue weighted by Gasteiger charge is 2.43. The predicted molar refractivity (Wildman–Crippen MR) is 89.6 cm³/mol. The van der Waals surface area contributed by atoms with E-state index in [1.165, 1.54) is 0 Å². The van der Waals surface area contributed by atoms with E-state index < -0.39 is 0 Å². The molecular weight excluding hydrogens is 304 g/mol. The number of carbonyl (C=O) groups is 2. The number of rotatable bonds is 3. The molecule has 128 valence electrons. The Hall–Kier alpha value is -1.88. The number of nitrogens with one attached hydrogen (secondary N) is 1. The van der Waals surface area contributed by atoms with Crippen LogP contribution in [-0.4, -0.2) is 48.1 Å². The van der Waals surface area contributed by atoms with Gasteiger partial charge in [0, 0.05) is 24.7 Å². The molecule has 2 amide bonds. The summed E-state index contributed by atoms with van der Waals surface area (Å²) in [5.41, 5.74) is 1.76. The van der Waals surface area contributed by atoms with Crippen molar-refractivity contribution < 1.29 is 14.3 Å². The number of hydrogen-bond acceptors (Lipinski definition) is 3. The number of amides is 2. The number of benzene rings is 1. The first-order chi connectivity index (χ1) is 11.6. The van der Waals surface area contributed by atoms with Crippen molar-refractivity contribution in [3.05, 3.63) is 35.4 Å². The van der Waals surface area contributed by atoms with E-state index in [-0.39, 0.29) is 24.0 Å². The molecule has 3 fully saturated rings. The molecule has 3 aliphatic rings. The number of fused-ring (bicyclic) bond motifs is 1. The molecule has 1 aromatic rings. The molecule has 24 heavy (non-hydrogen) atoms. The van der Waals surface area contributed by atoms with E-state index in [1.54, 1.807) is 0 Å². The first-order valence-corrected chi connectivity index (χ1v) is 8.92. The van der Waals surface area contributed by atoms with E-state index in [4.69, 9.17) is 4.74 Å². The monoisotopic (exact) mass is 328 g/mol. The molecule has 1 saturated carbocycles. The number of carbonyl (C=O) groups excluding carboxylic acids is 2. The molecule has 2 aliphatic heterocycles. The summed E-state index contributed by atoms with van der Waals surface area (Å²) in [7, 11) is 0. The predicted octanol–water partition coefficient (Wildman–Crippen LogP) is 1.89. The van der Waals surface area contributed by atoms with Crippen LogP contribution in [0.25, 0.3) is 0 Å². The Bertz CT molecular complexity index is 656. The van der Waals surface area contributed by atoms with Gasteiger partial charge in [0.2, 0.25) is 5.91 Å². The summed E-state index contributed by atoms with van der Waals surface area (Å²) in [4.78, 5) is 26.9. The second kappa shape index (κ2) is 6.20. The fourth-order valence-corrected chi connectivity index (χ4v) is 3.79. The molecule has 0 spiro atoms. The zero-order valence-electron chi connectivity index (χ0n) is 14.0. The van der Waals surface area contributed by atoms with E-state index in [0.717, 1.165) is 43.4 Å². The van der Waals surface area contributed by atoms with Crippen LogP contribution >= 0.6 is 0 Å². The number of nitrogens with zero attached hydrogens (tertiary/aromatic N) is 1. The van der Waals surface area contributed by atoms with Crippen molar-refractivity contribution >= 4 is 11.8 Å². The van der Waals surface area contributed by atoms with Crippen LogP contribution in [0.5, 0.6) is 0 Å². The minimum absolute atomic E-state index is 0.0123. The van der Waals surface area contributed by atoms with Gasteiger partial charge in [-0.25, -0.2) is 0 Å². The van der Waals surface area contributed by atoms with Crippen LogP contribution in [0, 0.1) is 12.8 Å². The fourth-order valence-electron chi connectivity index (χ4n) is 3.79. The number of likely N-dealkylation sites (tertiary alicyclic amines) is 1. The van der Waals surface area contributed by atoms with Crippen LogP contribution in [0.15, 0.2) is 24.3 Å². The van der Waals surface area contributed by atoms with Gasteiger partial charge in [-0.3, -0.25) is 9.59 Å². The minimum atomic E-state index is -0.339. The van der Waals surface area contributed by atoms with Crippen LogP contribution < -0.4 is 5.32 Å². The van der Waals surface area contributed by atoms with Crippen molar-refractivity contribution in [3.8, 4) is 0 Å². The third-order valence-corrected chi connectivity index (χ3v) is 5.43. The lowest BCUT2D eigenvalue weighted by atomic mass is 9.91. The molecule has 4 rings (SSSR count). The first-order valence-electron chi connectivity index (χ1n) is 8.92. The van der Waals surface area contributed by atoms with E-state index in [9.17, 15) is 9.59 Å². The lowest BCUT2D eigenvalue weighted by molar-refractivity contribution is -0.132. The lowest BCUT2D eigenvalue weighted by Gasteiger charge is -2.34. The summed E-state index contributed by atoms with van der Waals surface area (Å²) >= 11 is 0. The summed E-state index contributed by atoms with van der Waals surface area (Å²) < 4.78 is 6.00. The molecular formula is C19H24N2O3. The van der Waals surface area contributed by atoms with Crippen molar-refractivity contribution in [1.29, 1.82) is 0 Å². The Morgan fingerprint density at radius 2 is 2.00 bits per heavy atom. The van der Waals surface area contributed by atoms with Gasteiger partial charge >= 0.3 is 0 Å². The van der Waals surface area contributed by atoms with E-state index in [0.29, 0.717) is 18.5 Å². The van der Waals surface area contributed by atoms with E-state index in [1.807, 2.05) is 36.1 Å². The molecule has 0 radical (unpaired) electrons. The van der Waals surface area contributed by atoms with E-state index in [2.05, 4.69) is 5.32 Å². The fraction of sp³-hybridized carbons (Fsp3) is 0.579. The second-order valence-electron chi connectivity index (χ2n) is 7.30. The Balaban J connectivity index is 1.39. The first kappa shape index (κ1) is 15.6. The van der Waals surface area contributed by atoms with Gasteiger partial charge in [-0.2, -0.15) is 0 Å². The second-order valence-corrected chi connectivity index (χ2v) is 7.30. The topological polar surface area (TPSA) is 58.6 Å². The average molecular weight is 328 g/mol. The summed E-state index contributed by atoms with van der Waals surface area (Å²) in [6.07, 6.45) is 3.52. The third-order valence-electron chi connectivity index (χ3n) is 5.43. The zero-order chi connectivity index (χ0) is 16.7. The molecule has 1 N–H and O–H groups in total. The summed E-state index contributed by atoms with van der Waals surface area (Å²) in [6, 6.07) is 8.05. The van der Waals surface area contributed by atoms with Crippen LogP contribution in [0.3, 0.4) is 0 Å². The average Bonchev–Trinajstić information content (AvgIpc) is 3.29. The van der Waals surface area contributed by atoms with Gasteiger partial charge in [0.1, 0.15) is 6.10 Å². The Labute approximate surface area is 142 Å². The molecule has 2 heterocycles. The Kier molecular flexibility index (Phi) is 4.04. The van der Waals surface area contributed by atoms with Crippen molar-refractivity contribution in [2.24, 2.45) is 5.92 Å². The maximum atomic E-state index is 12.8. The highest BCUT2D eigenvalue weighted by Crippen LogP contribution is 2.34. The van der Waals surface area contributed by atoms with Gasteiger partial charge in [0.05, 0.1) is 6.10 Å². The highest BCUT2D eigenvalue weighted by molar-refractivity contribution is 5.95. The van der Waals surface area contributed by atoms with Gasteiger partial charge in [-0.1, -0.05) is 18.2 Å². The van der Waals surface area contributed by atoms with Gasteiger partial charge < -0.3 is 15.0 Å². The summed E-state index contributed by atoms with van der Waals surface area (Å²) in [5, 5.41) is 3.03. The number of hydrogen-bond donors (Lipinski definition) is 1. The molecule has 2 saturated heterocycles. The normalized spacial score (nSPS) is 29.2. The molecule has 0 bridgehead atoms. The molecule has 5 nitrogen and oxygen atoms in total. The maximum Gasteiger partial charge on any atom is 0.254 e. The van der Waals surface area contributed by atoms with Crippen molar-refractivity contribution in [3.63, 3.8) is 0 Å². The van der Waals surface area contributed by atoms with Gasteiger partial charge in [-0.15, -0.1) is 0 Å². The molecule has 5 heteroatoms. The van der Waals surface area contributed by atoms with Gasteiger partial charge in [-0.05, 0) is 50.2 Å².